The molecule has 1 atom stereocenters. The Bertz CT molecular complexity index is 671. The number of nitrogens with zero attached hydrogens (tertiary/aromatic N) is 1. The first-order chi connectivity index (χ1) is 14.6. The predicted octanol–water partition coefficient (Wildman–Crippen LogP) is 3.19. The van der Waals surface area contributed by atoms with Crippen molar-refractivity contribution in [2.24, 2.45) is 11.8 Å². The highest BCUT2D eigenvalue weighted by Crippen LogP contribution is 2.31. The van der Waals surface area contributed by atoms with Crippen LogP contribution in [0.15, 0.2) is 24.3 Å². The highest BCUT2D eigenvalue weighted by Gasteiger charge is 2.30. The van der Waals surface area contributed by atoms with Crippen molar-refractivity contribution in [3.63, 3.8) is 0 Å². The first-order valence-corrected chi connectivity index (χ1v) is 11.2. The SMILES string of the molecule is O=C(C[C@H](CC1CCCCC1)C(=O)N1CCOCC1)NCCNc1ccc(F)cc1. The molecule has 30 heavy (non-hydrogen) atoms. The van der Waals surface area contributed by atoms with Gasteiger partial charge in [0, 0.05) is 44.2 Å². The summed E-state index contributed by atoms with van der Waals surface area (Å²) in [6, 6.07) is 6.12. The molecule has 0 radical (unpaired) electrons. The highest BCUT2D eigenvalue weighted by atomic mass is 19.1. The molecule has 1 aliphatic carbocycles. The maximum Gasteiger partial charge on any atom is 0.226 e. The second-order valence-corrected chi connectivity index (χ2v) is 8.36. The third-order valence-corrected chi connectivity index (χ3v) is 6.07. The van der Waals surface area contributed by atoms with Gasteiger partial charge in [-0.15, -0.1) is 0 Å². The Morgan fingerprint density at radius 2 is 1.77 bits per heavy atom. The Morgan fingerprint density at radius 1 is 1.07 bits per heavy atom. The van der Waals surface area contributed by atoms with Gasteiger partial charge in [-0.25, -0.2) is 4.39 Å². The number of carbonyl (C=O) groups excluding carboxylic acids is 2. The van der Waals surface area contributed by atoms with Crippen molar-refractivity contribution in [1.82, 2.24) is 10.2 Å². The van der Waals surface area contributed by atoms with Crippen LogP contribution in [0, 0.1) is 17.7 Å². The van der Waals surface area contributed by atoms with Crippen LogP contribution >= 0.6 is 0 Å². The van der Waals surface area contributed by atoms with Crippen LogP contribution in [0.4, 0.5) is 10.1 Å². The lowest BCUT2D eigenvalue weighted by atomic mass is 9.81. The molecule has 1 aliphatic heterocycles. The number of nitrogens with one attached hydrogen (secondary N) is 2. The van der Waals surface area contributed by atoms with Crippen molar-refractivity contribution >= 4 is 17.5 Å². The van der Waals surface area contributed by atoms with Crippen molar-refractivity contribution in [3.05, 3.63) is 30.1 Å². The van der Waals surface area contributed by atoms with E-state index in [1.807, 2.05) is 4.90 Å². The number of hydrogen-bond donors (Lipinski definition) is 2. The van der Waals surface area contributed by atoms with E-state index in [0.29, 0.717) is 45.3 Å². The molecule has 2 fully saturated rings. The molecule has 2 amide bonds. The molecule has 2 aliphatic rings. The van der Waals surface area contributed by atoms with Gasteiger partial charge < -0.3 is 20.3 Å². The van der Waals surface area contributed by atoms with Gasteiger partial charge in [0.05, 0.1) is 13.2 Å². The van der Waals surface area contributed by atoms with E-state index >= 15 is 0 Å². The molecule has 1 heterocycles. The van der Waals surface area contributed by atoms with E-state index in [2.05, 4.69) is 10.6 Å². The molecule has 1 aromatic carbocycles. The molecule has 0 unspecified atom stereocenters. The Kier molecular flexibility index (Phi) is 8.93. The lowest BCUT2D eigenvalue weighted by Crippen LogP contribution is -2.45. The van der Waals surface area contributed by atoms with Gasteiger partial charge in [0.1, 0.15) is 5.82 Å². The monoisotopic (exact) mass is 419 g/mol. The van der Waals surface area contributed by atoms with Gasteiger partial charge in [0.25, 0.3) is 0 Å². The molecule has 0 bridgehead atoms. The minimum absolute atomic E-state index is 0.0849. The fourth-order valence-electron chi connectivity index (χ4n) is 4.41. The molecule has 1 saturated heterocycles. The Labute approximate surface area is 178 Å². The summed E-state index contributed by atoms with van der Waals surface area (Å²) < 4.78 is 18.3. The van der Waals surface area contributed by atoms with Gasteiger partial charge in [0.2, 0.25) is 11.8 Å². The lowest BCUT2D eigenvalue weighted by Gasteiger charge is -2.32. The molecular formula is C23H34FN3O3. The zero-order valence-corrected chi connectivity index (χ0v) is 17.7. The summed E-state index contributed by atoms with van der Waals surface area (Å²) in [5.74, 6) is 0.0301. The summed E-state index contributed by atoms with van der Waals surface area (Å²) >= 11 is 0. The predicted molar refractivity (Wildman–Crippen MR) is 115 cm³/mol. The number of ether oxygens (including phenoxy) is 1. The average molecular weight is 420 g/mol. The van der Waals surface area contributed by atoms with Crippen LogP contribution in [0.25, 0.3) is 0 Å². The number of halogens is 1. The van der Waals surface area contributed by atoms with Crippen LogP contribution in [0.2, 0.25) is 0 Å². The standard InChI is InChI=1S/C23H34FN3O3/c24-20-6-8-21(9-7-20)25-10-11-26-22(28)17-19(16-18-4-2-1-3-5-18)23(29)27-12-14-30-15-13-27/h6-9,18-19,25H,1-5,10-17H2,(H,26,28)/t19-/m0/s1. The van der Waals surface area contributed by atoms with Gasteiger partial charge in [-0.1, -0.05) is 32.1 Å². The number of amides is 2. The fourth-order valence-corrected chi connectivity index (χ4v) is 4.41. The molecule has 3 rings (SSSR count). The fraction of sp³-hybridized carbons (Fsp3) is 0.652. The summed E-state index contributed by atoms with van der Waals surface area (Å²) in [6.07, 6.45) is 7.10. The molecule has 2 N–H and O–H groups in total. The zero-order chi connectivity index (χ0) is 21.2. The maximum absolute atomic E-state index is 13.1. The van der Waals surface area contributed by atoms with E-state index in [-0.39, 0.29) is 30.0 Å². The largest absolute Gasteiger partial charge is 0.383 e. The second-order valence-electron chi connectivity index (χ2n) is 8.36. The third-order valence-electron chi connectivity index (χ3n) is 6.07. The van der Waals surface area contributed by atoms with Gasteiger partial charge in [-0.05, 0) is 36.6 Å². The van der Waals surface area contributed by atoms with E-state index in [4.69, 9.17) is 4.74 Å². The summed E-state index contributed by atoms with van der Waals surface area (Å²) in [5.41, 5.74) is 0.809. The van der Waals surface area contributed by atoms with E-state index in [9.17, 15) is 14.0 Å². The normalized spacial score (nSPS) is 18.6. The summed E-state index contributed by atoms with van der Waals surface area (Å²) in [4.78, 5) is 27.5. The van der Waals surface area contributed by atoms with Gasteiger partial charge in [-0.2, -0.15) is 0 Å². The Balaban J connectivity index is 1.47. The highest BCUT2D eigenvalue weighted by molar-refractivity contribution is 5.86. The van der Waals surface area contributed by atoms with E-state index < -0.39 is 0 Å². The van der Waals surface area contributed by atoms with Gasteiger partial charge in [0.15, 0.2) is 0 Å². The van der Waals surface area contributed by atoms with Crippen LogP contribution in [-0.2, 0) is 14.3 Å². The van der Waals surface area contributed by atoms with Gasteiger partial charge in [-0.3, -0.25) is 9.59 Å². The van der Waals surface area contributed by atoms with Crippen LogP contribution in [-0.4, -0.2) is 56.1 Å². The van der Waals surface area contributed by atoms with Crippen molar-refractivity contribution in [3.8, 4) is 0 Å². The van der Waals surface area contributed by atoms with E-state index in [0.717, 1.165) is 24.9 Å². The molecule has 0 aromatic heterocycles. The van der Waals surface area contributed by atoms with Crippen LogP contribution < -0.4 is 10.6 Å². The molecule has 6 nitrogen and oxygen atoms in total. The van der Waals surface area contributed by atoms with Crippen molar-refractivity contribution in [1.29, 1.82) is 0 Å². The summed E-state index contributed by atoms with van der Waals surface area (Å²) in [5, 5.41) is 6.07. The van der Waals surface area contributed by atoms with Crippen LogP contribution in [0.3, 0.4) is 0 Å². The Hall–Kier alpha value is -2.15. The number of hydrogen-bond acceptors (Lipinski definition) is 4. The number of morpholine rings is 1. The number of anilines is 1. The molecule has 7 heteroatoms. The number of rotatable bonds is 9. The maximum atomic E-state index is 13.1. The smallest absolute Gasteiger partial charge is 0.226 e. The molecule has 1 aromatic rings. The molecule has 1 saturated carbocycles. The minimum atomic E-state index is -0.275. The Morgan fingerprint density at radius 3 is 2.47 bits per heavy atom. The average Bonchev–Trinajstić information content (AvgIpc) is 2.78. The lowest BCUT2D eigenvalue weighted by molar-refractivity contribution is -0.142. The second kappa shape index (κ2) is 11.9. The first-order valence-electron chi connectivity index (χ1n) is 11.2. The van der Waals surface area contributed by atoms with E-state index in [1.54, 1.807) is 12.1 Å². The summed E-state index contributed by atoms with van der Waals surface area (Å²) in [6.45, 7) is 3.37. The topological polar surface area (TPSA) is 70.7 Å². The minimum Gasteiger partial charge on any atom is -0.383 e. The quantitative estimate of drug-likeness (QED) is 0.603. The number of benzene rings is 1. The molecule has 0 spiro atoms. The summed E-state index contributed by atoms with van der Waals surface area (Å²) in [7, 11) is 0. The van der Waals surface area contributed by atoms with E-state index in [1.165, 1.54) is 31.4 Å². The van der Waals surface area contributed by atoms with Gasteiger partial charge >= 0.3 is 0 Å². The molecule has 166 valence electrons. The molecular weight excluding hydrogens is 385 g/mol. The third kappa shape index (κ3) is 7.27. The van der Waals surface area contributed by atoms with Crippen molar-refractivity contribution in [2.45, 2.75) is 44.9 Å². The first kappa shape index (κ1) is 22.5. The number of carbonyl (C=O) groups is 2. The van der Waals surface area contributed by atoms with Crippen LogP contribution in [0.5, 0.6) is 0 Å². The zero-order valence-electron chi connectivity index (χ0n) is 17.7. The van der Waals surface area contributed by atoms with Crippen molar-refractivity contribution < 1.29 is 18.7 Å². The van der Waals surface area contributed by atoms with Crippen LogP contribution in [0.1, 0.15) is 44.9 Å². The van der Waals surface area contributed by atoms with Crippen molar-refractivity contribution in [2.75, 3.05) is 44.7 Å².